The fourth-order valence-corrected chi connectivity index (χ4v) is 3.41. The SMILES string of the molecule is Cc1cc(C)n(-c2cc(N3CC(C(=O)NCC(=O)OCc4ccccc4)C3)ncn2)n1. The number of ether oxygens (including phenoxy) is 1. The standard InChI is InChI=1S/C22H24N6O3/c1-15-8-16(2)28(26-15)20-9-19(24-14-25-20)27-11-18(12-27)22(30)23-10-21(29)31-13-17-6-4-3-5-7-17/h3-9,14,18H,10-13H2,1-2H3,(H,23,30). The fourth-order valence-electron chi connectivity index (χ4n) is 3.41. The number of carbonyl (C=O) groups excluding carboxylic acids is 2. The molecule has 0 unspecified atom stereocenters. The maximum absolute atomic E-state index is 12.3. The van der Waals surface area contributed by atoms with Gasteiger partial charge < -0.3 is 15.0 Å². The normalized spacial score (nSPS) is 13.5. The van der Waals surface area contributed by atoms with Gasteiger partial charge in [-0.15, -0.1) is 0 Å². The highest BCUT2D eigenvalue weighted by Crippen LogP contribution is 2.24. The van der Waals surface area contributed by atoms with Crippen LogP contribution in [0.3, 0.4) is 0 Å². The molecule has 1 aromatic carbocycles. The summed E-state index contributed by atoms with van der Waals surface area (Å²) in [6.07, 6.45) is 1.50. The number of anilines is 1. The summed E-state index contributed by atoms with van der Waals surface area (Å²) in [5, 5.41) is 7.10. The van der Waals surface area contributed by atoms with E-state index >= 15 is 0 Å². The number of amides is 1. The third kappa shape index (κ3) is 4.88. The monoisotopic (exact) mass is 420 g/mol. The Morgan fingerprint density at radius 1 is 1.10 bits per heavy atom. The summed E-state index contributed by atoms with van der Waals surface area (Å²) < 4.78 is 6.95. The maximum Gasteiger partial charge on any atom is 0.325 e. The summed E-state index contributed by atoms with van der Waals surface area (Å²) in [7, 11) is 0. The van der Waals surface area contributed by atoms with Crippen LogP contribution in [0.2, 0.25) is 0 Å². The van der Waals surface area contributed by atoms with E-state index in [9.17, 15) is 9.59 Å². The first-order valence-corrected chi connectivity index (χ1v) is 10.1. The Kier molecular flexibility index (Phi) is 5.92. The number of benzene rings is 1. The summed E-state index contributed by atoms with van der Waals surface area (Å²) in [6.45, 7) is 5.01. The van der Waals surface area contributed by atoms with Gasteiger partial charge in [0.25, 0.3) is 0 Å². The molecule has 1 amide bonds. The Balaban J connectivity index is 1.24. The molecule has 1 aliphatic rings. The number of nitrogens with one attached hydrogen (secondary N) is 1. The number of aromatic nitrogens is 4. The Hall–Kier alpha value is -3.75. The number of aryl methyl sites for hydroxylation is 2. The van der Waals surface area contributed by atoms with Crippen molar-refractivity contribution < 1.29 is 14.3 Å². The molecule has 9 nitrogen and oxygen atoms in total. The molecular formula is C22H24N6O3. The number of hydrogen-bond donors (Lipinski definition) is 1. The van der Waals surface area contributed by atoms with Crippen LogP contribution in [-0.4, -0.2) is 51.3 Å². The average Bonchev–Trinajstić information content (AvgIpc) is 3.08. The van der Waals surface area contributed by atoms with Crippen molar-refractivity contribution in [3.63, 3.8) is 0 Å². The molecule has 1 saturated heterocycles. The van der Waals surface area contributed by atoms with Crippen molar-refractivity contribution >= 4 is 17.7 Å². The second-order valence-corrected chi connectivity index (χ2v) is 7.54. The lowest BCUT2D eigenvalue weighted by Gasteiger charge is -2.39. The lowest BCUT2D eigenvalue weighted by Crippen LogP contribution is -2.54. The summed E-state index contributed by atoms with van der Waals surface area (Å²) >= 11 is 0. The fraction of sp³-hybridized carbons (Fsp3) is 0.318. The molecule has 9 heteroatoms. The lowest BCUT2D eigenvalue weighted by molar-refractivity contribution is -0.145. The minimum atomic E-state index is -0.460. The maximum atomic E-state index is 12.3. The minimum Gasteiger partial charge on any atom is -0.460 e. The van der Waals surface area contributed by atoms with Crippen molar-refractivity contribution in [2.45, 2.75) is 20.5 Å². The van der Waals surface area contributed by atoms with E-state index in [1.54, 1.807) is 4.68 Å². The van der Waals surface area contributed by atoms with Gasteiger partial charge in [0.1, 0.15) is 25.3 Å². The molecule has 1 aliphatic heterocycles. The van der Waals surface area contributed by atoms with Crippen molar-refractivity contribution in [3.05, 3.63) is 65.7 Å². The van der Waals surface area contributed by atoms with E-state index in [1.807, 2.05) is 61.2 Å². The first-order valence-electron chi connectivity index (χ1n) is 10.1. The molecule has 0 spiro atoms. The highest BCUT2D eigenvalue weighted by atomic mass is 16.5. The van der Waals surface area contributed by atoms with Gasteiger partial charge in [0, 0.05) is 24.8 Å². The molecule has 4 rings (SSSR count). The number of esters is 1. The van der Waals surface area contributed by atoms with Gasteiger partial charge >= 0.3 is 5.97 Å². The zero-order valence-electron chi connectivity index (χ0n) is 17.5. The van der Waals surface area contributed by atoms with Gasteiger partial charge in [0.05, 0.1) is 11.6 Å². The first kappa shape index (κ1) is 20.5. The lowest BCUT2D eigenvalue weighted by atomic mass is 9.99. The van der Waals surface area contributed by atoms with Crippen LogP contribution >= 0.6 is 0 Å². The molecule has 0 atom stereocenters. The summed E-state index contributed by atoms with van der Waals surface area (Å²) in [6, 6.07) is 13.3. The van der Waals surface area contributed by atoms with E-state index in [0.29, 0.717) is 18.9 Å². The van der Waals surface area contributed by atoms with E-state index in [0.717, 1.165) is 22.8 Å². The molecule has 31 heavy (non-hydrogen) atoms. The Morgan fingerprint density at radius 2 is 1.84 bits per heavy atom. The molecule has 2 aromatic heterocycles. The van der Waals surface area contributed by atoms with Crippen LogP contribution < -0.4 is 10.2 Å². The van der Waals surface area contributed by atoms with Gasteiger partial charge in [-0.1, -0.05) is 30.3 Å². The second-order valence-electron chi connectivity index (χ2n) is 7.54. The zero-order valence-corrected chi connectivity index (χ0v) is 17.5. The van der Waals surface area contributed by atoms with Crippen molar-refractivity contribution in [2.75, 3.05) is 24.5 Å². The van der Waals surface area contributed by atoms with Gasteiger partial charge in [0.2, 0.25) is 5.91 Å². The number of nitrogens with zero attached hydrogens (tertiary/aromatic N) is 5. The summed E-state index contributed by atoms with van der Waals surface area (Å²) in [5.74, 6) is 0.599. The highest BCUT2D eigenvalue weighted by Gasteiger charge is 2.34. The van der Waals surface area contributed by atoms with Crippen LogP contribution in [0, 0.1) is 19.8 Å². The molecule has 0 aliphatic carbocycles. The van der Waals surface area contributed by atoms with Gasteiger partial charge in [-0.05, 0) is 25.5 Å². The molecule has 160 valence electrons. The number of hydrogen-bond acceptors (Lipinski definition) is 7. The minimum absolute atomic E-state index is 0.141. The van der Waals surface area contributed by atoms with Crippen LogP contribution in [0.5, 0.6) is 0 Å². The quantitative estimate of drug-likeness (QED) is 0.579. The summed E-state index contributed by atoms with van der Waals surface area (Å²) in [5.41, 5.74) is 2.81. The number of rotatable bonds is 7. The van der Waals surface area contributed by atoms with Crippen LogP contribution in [0.1, 0.15) is 17.0 Å². The van der Waals surface area contributed by atoms with E-state index in [-0.39, 0.29) is 25.0 Å². The molecular weight excluding hydrogens is 396 g/mol. The Bertz CT molecular complexity index is 1080. The van der Waals surface area contributed by atoms with E-state index < -0.39 is 5.97 Å². The molecule has 0 bridgehead atoms. The zero-order chi connectivity index (χ0) is 21.8. The van der Waals surface area contributed by atoms with Gasteiger partial charge in [-0.3, -0.25) is 9.59 Å². The van der Waals surface area contributed by atoms with Crippen LogP contribution in [0.4, 0.5) is 5.82 Å². The van der Waals surface area contributed by atoms with E-state index in [1.165, 1.54) is 6.33 Å². The number of carbonyl (C=O) groups is 2. The average molecular weight is 420 g/mol. The Morgan fingerprint density at radius 3 is 2.55 bits per heavy atom. The first-order chi connectivity index (χ1) is 15.0. The van der Waals surface area contributed by atoms with Crippen molar-refractivity contribution in [3.8, 4) is 5.82 Å². The Labute approximate surface area is 180 Å². The van der Waals surface area contributed by atoms with Crippen molar-refractivity contribution in [2.24, 2.45) is 5.92 Å². The van der Waals surface area contributed by atoms with Gasteiger partial charge in [-0.2, -0.15) is 5.10 Å². The third-order valence-corrected chi connectivity index (χ3v) is 5.09. The van der Waals surface area contributed by atoms with Crippen LogP contribution in [0.15, 0.2) is 48.8 Å². The topological polar surface area (TPSA) is 102 Å². The van der Waals surface area contributed by atoms with Gasteiger partial charge in [0.15, 0.2) is 5.82 Å². The van der Waals surface area contributed by atoms with Crippen LogP contribution in [0.25, 0.3) is 5.82 Å². The molecule has 0 saturated carbocycles. The van der Waals surface area contributed by atoms with E-state index in [4.69, 9.17) is 4.74 Å². The molecule has 1 N–H and O–H groups in total. The molecule has 0 radical (unpaired) electrons. The molecule has 3 heterocycles. The highest BCUT2D eigenvalue weighted by molar-refractivity contribution is 5.85. The predicted molar refractivity (Wildman–Crippen MR) is 114 cm³/mol. The molecule has 1 fully saturated rings. The summed E-state index contributed by atoms with van der Waals surface area (Å²) in [4.78, 5) is 34.8. The van der Waals surface area contributed by atoms with Crippen molar-refractivity contribution in [1.82, 2.24) is 25.1 Å². The smallest absolute Gasteiger partial charge is 0.325 e. The molecule has 3 aromatic rings. The third-order valence-electron chi connectivity index (χ3n) is 5.09. The van der Waals surface area contributed by atoms with Crippen molar-refractivity contribution in [1.29, 1.82) is 0 Å². The second kappa shape index (κ2) is 8.95. The largest absolute Gasteiger partial charge is 0.460 e. The predicted octanol–water partition coefficient (Wildman–Crippen LogP) is 1.57. The van der Waals surface area contributed by atoms with Crippen LogP contribution in [-0.2, 0) is 20.9 Å². The van der Waals surface area contributed by atoms with E-state index in [2.05, 4.69) is 20.4 Å². The van der Waals surface area contributed by atoms with Gasteiger partial charge in [-0.25, -0.2) is 14.6 Å².